The number of fused-ring (bicyclic) bond motifs is 1. The number of ether oxygens (including phenoxy) is 1. The average molecular weight is 436 g/mol. The maximum Gasteiger partial charge on any atom is 0.387 e. The van der Waals surface area contributed by atoms with Gasteiger partial charge < -0.3 is 15.8 Å². The summed E-state index contributed by atoms with van der Waals surface area (Å²) in [5.74, 6) is -1.54. The van der Waals surface area contributed by atoms with Crippen LogP contribution in [-0.2, 0) is 0 Å². The number of aromatic nitrogens is 4. The number of nitrogens with zero attached hydrogens (tertiary/aromatic N) is 4. The van der Waals surface area contributed by atoms with Gasteiger partial charge in [0.15, 0.2) is 5.82 Å². The summed E-state index contributed by atoms with van der Waals surface area (Å²) in [6.45, 7) is -2.96. The van der Waals surface area contributed by atoms with Crippen molar-refractivity contribution < 1.29 is 26.7 Å². The molecule has 31 heavy (non-hydrogen) atoms. The molecule has 0 bridgehead atoms. The Labute approximate surface area is 171 Å². The molecular weight excluding hydrogens is 423 g/mol. The summed E-state index contributed by atoms with van der Waals surface area (Å²) in [5.41, 5.74) is 6.41. The molecule has 0 amide bonds. The van der Waals surface area contributed by atoms with Crippen molar-refractivity contribution in [3.8, 4) is 11.7 Å². The van der Waals surface area contributed by atoms with E-state index in [2.05, 4.69) is 25.0 Å². The van der Waals surface area contributed by atoms with Gasteiger partial charge in [0, 0.05) is 17.8 Å². The number of alkyl halides is 4. The van der Waals surface area contributed by atoms with Crippen LogP contribution in [0.1, 0.15) is 12.2 Å². The first kappa shape index (κ1) is 20.3. The van der Waals surface area contributed by atoms with Gasteiger partial charge in [-0.05, 0) is 36.4 Å². The number of halogens is 5. The highest BCUT2D eigenvalue weighted by molar-refractivity contribution is 5.78. The zero-order chi connectivity index (χ0) is 22.1. The highest BCUT2D eigenvalue weighted by Crippen LogP contribution is 2.28. The third-order valence-electron chi connectivity index (χ3n) is 4.12. The van der Waals surface area contributed by atoms with E-state index in [-0.39, 0.29) is 34.4 Å². The van der Waals surface area contributed by atoms with E-state index >= 15 is 0 Å². The number of benzene rings is 2. The number of nitrogens with two attached hydrogens (primary N) is 1. The number of hydrogen-bond acceptors (Lipinski definition) is 6. The van der Waals surface area contributed by atoms with E-state index in [1.165, 1.54) is 36.4 Å². The molecule has 0 saturated carbocycles. The van der Waals surface area contributed by atoms with Gasteiger partial charge in [-0.15, -0.1) is 0 Å². The Kier molecular flexibility index (Phi) is 5.28. The Balaban J connectivity index is 1.73. The SMILES string of the molecule is Nc1cc(Nc2ccc(OC(F)F)cc2)nc(-n2c(C(F)F)nc3ccc(F)cc32)n1. The molecule has 0 saturated heterocycles. The van der Waals surface area contributed by atoms with Gasteiger partial charge in [0.25, 0.3) is 6.43 Å². The average Bonchev–Trinajstić information content (AvgIpc) is 3.07. The minimum atomic E-state index is -2.99. The van der Waals surface area contributed by atoms with Crippen LogP contribution in [0.25, 0.3) is 17.0 Å². The maximum absolute atomic E-state index is 13.7. The third-order valence-corrected chi connectivity index (χ3v) is 4.12. The van der Waals surface area contributed by atoms with E-state index in [9.17, 15) is 22.0 Å². The molecule has 7 nitrogen and oxygen atoms in total. The fraction of sp³-hybridized carbons (Fsp3) is 0.105. The molecule has 2 aromatic heterocycles. The van der Waals surface area contributed by atoms with Crippen molar-refractivity contribution in [1.82, 2.24) is 19.5 Å². The van der Waals surface area contributed by atoms with Crippen LogP contribution in [-0.4, -0.2) is 26.1 Å². The highest BCUT2D eigenvalue weighted by atomic mass is 19.3. The van der Waals surface area contributed by atoms with Gasteiger partial charge in [-0.25, -0.2) is 18.2 Å². The topological polar surface area (TPSA) is 90.9 Å². The van der Waals surface area contributed by atoms with Crippen molar-refractivity contribution in [2.75, 3.05) is 11.1 Å². The van der Waals surface area contributed by atoms with Gasteiger partial charge in [-0.1, -0.05) is 0 Å². The van der Waals surface area contributed by atoms with Gasteiger partial charge in [0.1, 0.15) is 23.2 Å². The van der Waals surface area contributed by atoms with Crippen molar-refractivity contribution in [2.45, 2.75) is 13.0 Å². The van der Waals surface area contributed by atoms with Crippen LogP contribution in [0.3, 0.4) is 0 Å². The lowest BCUT2D eigenvalue weighted by Gasteiger charge is -2.12. The Hall–Kier alpha value is -3.96. The summed E-state index contributed by atoms with van der Waals surface area (Å²) in [6, 6.07) is 10.3. The molecule has 0 unspecified atom stereocenters. The predicted octanol–water partition coefficient (Wildman–Crippen LogP) is 4.82. The Bertz CT molecular complexity index is 1230. The van der Waals surface area contributed by atoms with E-state index in [1.807, 2.05) is 0 Å². The third kappa shape index (κ3) is 4.32. The molecule has 0 atom stereocenters. The maximum atomic E-state index is 13.7. The number of hydrogen-bond donors (Lipinski definition) is 2. The second-order valence-electron chi connectivity index (χ2n) is 6.25. The van der Waals surface area contributed by atoms with Gasteiger partial charge in [-0.3, -0.25) is 4.57 Å². The monoisotopic (exact) mass is 436 g/mol. The molecular formula is C19H13F5N6O. The molecule has 0 aliphatic carbocycles. The molecule has 3 N–H and O–H groups in total. The number of rotatable bonds is 6. The van der Waals surface area contributed by atoms with Crippen LogP contribution in [0.15, 0.2) is 48.5 Å². The van der Waals surface area contributed by atoms with Crippen molar-refractivity contribution in [2.24, 2.45) is 0 Å². The van der Waals surface area contributed by atoms with Crippen LogP contribution in [0.2, 0.25) is 0 Å². The van der Waals surface area contributed by atoms with Crippen LogP contribution in [0.4, 0.5) is 39.3 Å². The van der Waals surface area contributed by atoms with Crippen molar-refractivity contribution in [1.29, 1.82) is 0 Å². The molecule has 160 valence electrons. The molecule has 0 fully saturated rings. The van der Waals surface area contributed by atoms with E-state index in [1.54, 1.807) is 0 Å². The molecule has 0 aliphatic rings. The molecule has 0 spiro atoms. The van der Waals surface area contributed by atoms with E-state index in [0.717, 1.165) is 16.7 Å². The van der Waals surface area contributed by atoms with Crippen LogP contribution in [0.5, 0.6) is 5.75 Å². The minimum absolute atomic E-state index is 0.0420. The van der Waals surface area contributed by atoms with E-state index in [4.69, 9.17) is 5.73 Å². The number of imidazole rings is 1. The Morgan fingerprint density at radius 2 is 1.68 bits per heavy atom. The fourth-order valence-electron chi connectivity index (χ4n) is 2.91. The lowest BCUT2D eigenvalue weighted by Crippen LogP contribution is -2.09. The summed E-state index contributed by atoms with van der Waals surface area (Å²) in [4.78, 5) is 12.0. The lowest BCUT2D eigenvalue weighted by molar-refractivity contribution is -0.0498. The Morgan fingerprint density at radius 1 is 0.935 bits per heavy atom. The molecule has 4 aromatic rings. The summed E-state index contributed by atoms with van der Waals surface area (Å²) in [5, 5.41) is 2.87. The fourth-order valence-corrected chi connectivity index (χ4v) is 2.91. The second kappa shape index (κ2) is 8.05. The van der Waals surface area contributed by atoms with Gasteiger partial charge in [0.2, 0.25) is 5.95 Å². The predicted molar refractivity (Wildman–Crippen MR) is 102 cm³/mol. The largest absolute Gasteiger partial charge is 0.435 e. The van der Waals surface area contributed by atoms with Crippen molar-refractivity contribution in [3.05, 3.63) is 60.2 Å². The lowest BCUT2D eigenvalue weighted by atomic mass is 10.3. The molecule has 2 heterocycles. The van der Waals surface area contributed by atoms with Gasteiger partial charge in [0.05, 0.1) is 11.0 Å². The normalized spacial score (nSPS) is 11.5. The van der Waals surface area contributed by atoms with Gasteiger partial charge >= 0.3 is 6.61 Å². The Morgan fingerprint density at radius 3 is 2.35 bits per heavy atom. The molecule has 0 aliphatic heterocycles. The summed E-state index contributed by atoms with van der Waals surface area (Å²) in [7, 11) is 0. The first-order chi connectivity index (χ1) is 14.8. The smallest absolute Gasteiger partial charge is 0.387 e. The number of anilines is 3. The first-order valence-electron chi connectivity index (χ1n) is 8.73. The van der Waals surface area contributed by atoms with Crippen molar-refractivity contribution >= 4 is 28.4 Å². The molecule has 2 aromatic carbocycles. The van der Waals surface area contributed by atoms with Crippen LogP contribution < -0.4 is 15.8 Å². The number of nitrogen functional groups attached to an aromatic ring is 1. The quantitative estimate of drug-likeness (QED) is 0.421. The summed E-state index contributed by atoms with van der Waals surface area (Å²) >= 11 is 0. The standard InChI is InChI=1S/C19H13F5N6O/c20-9-1-6-12-13(7-9)30(17(27-12)16(21)22)19-28-14(25)8-15(29-19)26-10-2-4-11(5-3-10)31-18(23)24/h1-8,16,18H,(H3,25,26,28,29). The minimum Gasteiger partial charge on any atom is -0.435 e. The van der Waals surface area contributed by atoms with Crippen molar-refractivity contribution in [3.63, 3.8) is 0 Å². The van der Waals surface area contributed by atoms with Gasteiger partial charge in [-0.2, -0.15) is 18.7 Å². The van der Waals surface area contributed by atoms with Crippen LogP contribution in [0, 0.1) is 5.82 Å². The molecule has 12 heteroatoms. The zero-order valence-corrected chi connectivity index (χ0v) is 15.4. The van der Waals surface area contributed by atoms with E-state index < -0.39 is 24.7 Å². The highest BCUT2D eigenvalue weighted by Gasteiger charge is 2.22. The molecule has 0 radical (unpaired) electrons. The first-order valence-corrected chi connectivity index (χ1v) is 8.73. The zero-order valence-electron chi connectivity index (χ0n) is 15.4. The summed E-state index contributed by atoms with van der Waals surface area (Å²) < 4.78 is 70.6. The van der Waals surface area contributed by atoms with Crippen LogP contribution >= 0.6 is 0 Å². The van der Waals surface area contributed by atoms with E-state index in [0.29, 0.717) is 5.69 Å². The number of nitrogens with one attached hydrogen (secondary N) is 1. The second-order valence-corrected chi connectivity index (χ2v) is 6.25. The summed E-state index contributed by atoms with van der Waals surface area (Å²) in [6.07, 6.45) is -2.99. The molecule has 4 rings (SSSR count).